The summed E-state index contributed by atoms with van der Waals surface area (Å²) >= 11 is 0. The van der Waals surface area contributed by atoms with Gasteiger partial charge in [0.15, 0.2) is 6.10 Å². The number of hydrogen-bond acceptors (Lipinski definition) is 8. The Morgan fingerprint density at radius 3 is 1.95 bits per heavy atom. The summed E-state index contributed by atoms with van der Waals surface area (Å²) in [5.41, 5.74) is 2.75. The molecule has 4 rings (SSSR count). The van der Waals surface area contributed by atoms with Crippen LogP contribution in [0, 0.1) is 0 Å². The normalized spacial score (nSPS) is 21.4. The molecule has 1 heterocycles. The van der Waals surface area contributed by atoms with Gasteiger partial charge in [-0.1, -0.05) is 91.0 Å². The second kappa shape index (κ2) is 14.3. The van der Waals surface area contributed by atoms with Gasteiger partial charge in [-0.05, 0) is 29.5 Å². The Labute approximate surface area is 228 Å². The smallest absolute Gasteiger partial charge is 0.397 e. The molecule has 3 aromatic carbocycles. The van der Waals surface area contributed by atoms with Crippen molar-refractivity contribution in [3.8, 4) is 0 Å². The van der Waals surface area contributed by atoms with E-state index in [2.05, 4.69) is 0 Å². The number of carbonyl (C=O) groups excluding carboxylic acids is 1. The maximum atomic E-state index is 13.2. The van der Waals surface area contributed by atoms with E-state index in [1.54, 1.807) is 0 Å². The molecule has 1 aliphatic heterocycles. The Balaban J connectivity index is 1.51. The highest BCUT2D eigenvalue weighted by Gasteiger charge is 2.48. The van der Waals surface area contributed by atoms with E-state index in [9.17, 15) is 17.8 Å². The standard InChI is InChI=1S/C29H32O9S/c30-29(37-20-24-15-8-3-9-16-24)28-27(34-18-10-17-22-11-4-1-5-12-22)26(25(21-36-28)38-39(31,32)33)35-19-23-13-6-2-7-14-23/h1-9,11-16,25-28H,10,17-21H2,(H,31,32,33)/t25?,26-,27-,28?/m0/s1. The first kappa shape index (κ1) is 28.9. The highest BCUT2D eigenvalue weighted by Crippen LogP contribution is 2.27. The number of benzene rings is 3. The Morgan fingerprint density at radius 2 is 1.36 bits per heavy atom. The highest BCUT2D eigenvalue weighted by atomic mass is 32.3. The molecule has 0 bridgehead atoms. The molecular weight excluding hydrogens is 524 g/mol. The summed E-state index contributed by atoms with van der Waals surface area (Å²) in [6.07, 6.45) is -3.21. The summed E-state index contributed by atoms with van der Waals surface area (Å²) in [4.78, 5) is 13.2. The fourth-order valence-electron chi connectivity index (χ4n) is 4.32. The van der Waals surface area contributed by atoms with Crippen LogP contribution in [0.1, 0.15) is 23.1 Å². The first-order chi connectivity index (χ1) is 18.9. The fraction of sp³-hybridized carbons (Fsp3) is 0.345. The molecule has 0 saturated carbocycles. The SMILES string of the molecule is O=C(OCc1ccccc1)C1OCC(OS(=O)(=O)O)[C@H](OCc2ccccc2)[C@@H]1OCCCc1ccccc1. The van der Waals surface area contributed by atoms with Gasteiger partial charge in [0, 0.05) is 6.61 Å². The van der Waals surface area contributed by atoms with Gasteiger partial charge in [0.1, 0.15) is 24.9 Å². The molecule has 4 atom stereocenters. The molecule has 39 heavy (non-hydrogen) atoms. The molecule has 9 nitrogen and oxygen atoms in total. The molecule has 0 amide bonds. The average Bonchev–Trinajstić information content (AvgIpc) is 2.94. The van der Waals surface area contributed by atoms with Crippen molar-refractivity contribution >= 4 is 16.4 Å². The van der Waals surface area contributed by atoms with Gasteiger partial charge in [0.2, 0.25) is 0 Å². The van der Waals surface area contributed by atoms with Gasteiger partial charge >= 0.3 is 16.4 Å². The molecule has 208 valence electrons. The van der Waals surface area contributed by atoms with Gasteiger partial charge in [-0.2, -0.15) is 8.42 Å². The molecule has 0 aliphatic carbocycles. The summed E-state index contributed by atoms with van der Waals surface area (Å²) in [6.45, 7) is 0.0106. The minimum absolute atomic E-state index is 0.0285. The van der Waals surface area contributed by atoms with Crippen molar-refractivity contribution < 1.29 is 40.9 Å². The van der Waals surface area contributed by atoms with Crippen LogP contribution in [0.25, 0.3) is 0 Å². The second-order valence-corrected chi connectivity index (χ2v) is 10.1. The predicted molar refractivity (Wildman–Crippen MR) is 142 cm³/mol. The summed E-state index contributed by atoms with van der Waals surface area (Å²) in [6, 6.07) is 28.3. The van der Waals surface area contributed by atoms with E-state index in [0.717, 1.165) is 23.1 Å². The Kier molecular flexibility index (Phi) is 10.6. The third-order valence-corrected chi connectivity index (χ3v) is 6.67. The third kappa shape index (κ3) is 9.24. The van der Waals surface area contributed by atoms with Gasteiger partial charge in [-0.15, -0.1) is 0 Å². The summed E-state index contributed by atoms with van der Waals surface area (Å²) in [5.74, 6) is -0.675. The van der Waals surface area contributed by atoms with E-state index in [1.165, 1.54) is 0 Å². The van der Waals surface area contributed by atoms with E-state index in [1.807, 2.05) is 91.0 Å². The molecule has 1 saturated heterocycles. The zero-order valence-electron chi connectivity index (χ0n) is 21.3. The lowest BCUT2D eigenvalue weighted by atomic mass is 9.99. The zero-order valence-corrected chi connectivity index (χ0v) is 22.2. The van der Waals surface area contributed by atoms with Gasteiger partial charge in [0.05, 0.1) is 13.2 Å². The highest BCUT2D eigenvalue weighted by molar-refractivity contribution is 7.80. The van der Waals surface area contributed by atoms with Gasteiger partial charge in [0.25, 0.3) is 0 Å². The Hall–Kier alpha value is -3.12. The lowest BCUT2D eigenvalue weighted by molar-refractivity contribution is -0.226. The molecular formula is C29H32O9S. The minimum Gasteiger partial charge on any atom is -0.459 e. The number of rotatable bonds is 13. The molecule has 10 heteroatoms. The van der Waals surface area contributed by atoms with Crippen LogP contribution in [0.2, 0.25) is 0 Å². The van der Waals surface area contributed by atoms with Crippen molar-refractivity contribution in [2.45, 2.75) is 50.5 Å². The molecule has 0 spiro atoms. The third-order valence-electron chi connectivity index (χ3n) is 6.18. The molecule has 3 aromatic rings. The molecule has 0 radical (unpaired) electrons. The number of esters is 1. The van der Waals surface area contributed by atoms with Crippen LogP contribution in [0.15, 0.2) is 91.0 Å². The zero-order chi connectivity index (χ0) is 27.5. The van der Waals surface area contributed by atoms with E-state index < -0.39 is 40.8 Å². The van der Waals surface area contributed by atoms with E-state index in [0.29, 0.717) is 6.42 Å². The number of aryl methyl sites for hydroxylation is 1. The van der Waals surface area contributed by atoms with Crippen LogP contribution in [-0.2, 0) is 58.0 Å². The van der Waals surface area contributed by atoms with E-state index >= 15 is 0 Å². The summed E-state index contributed by atoms with van der Waals surface area (Å²) in [7, 11) is -4.84. The van der Waals surface area contributed by atoms with Gasteiger partial charge < -0.3 is 18.9 Å². The quantitative estimate of drug-likeness (QED) is 0.190. The van der Waals surface area contributed by atoms with Gasteiger partial charge in [-0.3, -0.25) is 4.55 Å². The number of carbonyl (C=O) groups is 1. The Morgan fingerprint density at radius 1 is 0.795 bits per heavy atom. The van der Waals surface area contributed by atoms with Crippen LogP contribution in [0.3, 0.4) is 0 Å². The monoisotopic (exact) mass is 556 g/mol. The maximum absolute atomic E-state index is 13.2. The van der Waals surface area contributed by atoms with Crippen molar-refractivity contribution in [1.82, 2.24) is 0 Å². The van der Waals surface area contributed by atoms with Crippen LogP contribution in [0.4, 0.5) is 0 Å². The molecule has 0 aromatic heterocycles. The minimum atomic E-state index is -4.84. The number of ether oxygens (including phenoxy) is 4. The Bertz CT molecular complexity index is 1250. The number of hydrogen-bond donors (Lipinski definition) is 1. The van der Waals surface area contributed by atoms with Crippen LogP contribution >= 0.6 is 0 Å². The first-order valence-corrected chi connectivity index (χ1v) is 14.0. The molecule has 1 N–H and O–H groups in total. The van der Waals surface area contributed by atoms with E-state index in [-0.39, 0.29) is 26.4 Å². The van der Waals surface area contributed by atoms with Crippen LogP contribution in [0.5, 0.6) is 0 Å². The summed E-state index contributed by atoms with van der Waals surface area (Å²) in [5, 5.41) is 0. The van der Waals surface area contributed by atoms with Crippen molar-refractivity contribution in [3.05, 3.63) is 108 Å². The maximum Gasteiger partial charge on any atom is 0.397 e. The van der Waals surface area contributed by atoms with Crippen LogP contribution < -0.4 is 0 Å². The van der Waals surface area contributed by atoms with Crippen molar-refractivity contribution in [3.63, 3.8) is 0 Å². The van der Waals surface area contributed by atoms with E-state index in [4.69, 9.17) is 23.1 Å². The van der Waals surface area contributed by atoms with Crippen molar-refractivity contribution in [2.24, 2.45) is 0 Å². The lowest BCUT2D eigenvalue weighted by Gasteiger charge is -2.40. The van der Waals surface area contributed by atoms with Crippen molar-refractivity contribution in [1.29, 1.82) is 0 Å². The first-order valence-electron chi connectivity index (χ1n) is 12.7. The predicted octanol–water partition coefficient (Wildman–Crippen LogP) is 3.92. The van der Waals surface area contributed by atoms with Gasteiger partial charge in [-0.25, -0.2) is 8.98 Å². The van der Waals surface area contributed by atoms with Crippen LogP contribution in [-0.4, -0.2) is 56.6 Å². The molecule has 1 fully saturated rings. The fourth-order valence-corrected chi connectivity index (χ4v) is 4.79. The van der Waals surface area contributed by atoms with Crippen molar-refractivity contribution in [2.75, 3.05) is 13.2 Å². The second-order valence-electron chi connectivity index (χ2n) is 9.10. The molecule has 2 unspecified atom stereocenters. The lowest BCUT2D eigenvalue weighted by Crippen LogP contribution is -2.59. The average molecular weight is 557 g/mol. The molecule has 1 aliphatic rings. The topological polar surface area (TPSA) is 118 Å². The largest absolute Gasteiger partial charge is 0.459 e. The summed E-state index contributed by atoms with van der Waals surface area (Å²) < 4.78 is 60.9.